The van der Waals surface area contributed by atoms with Gasteiger partial charge in [-0.3, -0.25) is 4.55 Å². The molecule has 2 aromatic rings. The molecule has 1 N–H and O–H groups in total. The number of fused-ring (bicyclic) bond motifs is 1. The van der Waals surface area contributed by atoms with Crippen LogP contribution in [0.2, 0.25) is 5.02 Å². The first-order chi connectivity index (χ1) is 16.2. The second-order valence-corrected chi connectivity index (χ2v) is 9.69. The summed E-state index contributed by atoms with van der Waals surface area (Å²) >= 11 is 6.21. The van der Waals surface area contributed by atoms with Crippen LogP contribution in [0.25, 0.3) is 5.57 Å². The van der Waals surface area contributed by atoms with Crippen molar-refractivity contribution in [3.05, 3.63) is 88.2 Å². The second kappa shape index (κ2) is 10.6. The highest BCUT2D eigenvalue weighted by Crippen LogP contribution is 2.42. The molecule has 1 heterocycles. The van der Waals surface area contributed by atoms with E-state index in [1.54, 1.807) is 31.2 Å². The first-order valence-corrected chi connectivity index (χ1v) is 12.4. The van der Waals surface area contributed by atoms with Crippen LogP contribution in [-0.2, 0) is 10.1 Å². The van der Waals surface area contributed by atoms with Crippen molar-refractivity contribution in [3.63, 3.8) is 0 Å². The van der Waals surface area contributed by atoms with Crippen LogP contribution in [-0.4, -0.2) is 32.3 Å². The molecule has 1 aliphatic rings. The summed E-state index contributed by atoms with van der Waals surface area (Å²) in [4.78, 5) is 3.80. The summed E-state index contributed by atoms with van der Waals surface area (Å²) in [5.41, 5.74) is 3.68. The molecule has 1 aliphatic heterocycles. The monoisotopic (exact) mass is 494 g/mol. The predicted octanol–water partition coefficient (Wildman–Crippen LogP) is 5.16. The smallest absolute Gasteiger partial charge is 0.264 e. The first-order valence-electron chi connectivity index (χ1n) is 10.4. The van der Waals surface area contributed by atoms with Crippen molar-refractivity contribution >= 4 is 38.7 Å². The van der Waals surface area contributed by atoms with Gasteiger partial charge in [0.2, 0.25) is 0 Å². The topological polar surface area (TPSA) is 108 Å². The van der Waals surface area contributed by atoms with Gasteiger partial charge in [0.1, 0.15) is 5.82 Å². The van der Waals surface area contributed by atoms with E-state index in [1.807, 2.05) is 53.2 Å². The zero-order chi connectivity index (χ0) is 24.9. The summed E-state index contributed by atoms with van der Waals surface area (Å²) in [5.74, 6) is 0.320. The number of benzene rings is 2. The maximum absolute atomic E-state index is 11.2. The Morgan fingerprint density at radius 3 is 2.44 bits per heavy atom. The highest BCUT2D eigenvalue weighted by atomic mass is 35.5. The molecule has 0 saturated carbocycles. The Morgan fingerprint density at radius 2 is 1.82 bits per heavy atom. The third-order valence-corrected chi connectivity index (χ3v) is 6.43. The molecule has 0 atom stereocenters. The minimum atomic E-state index is -4.09. The molecule has 3 rings (SSSR count). The van der Waals surface area contributed by atoms with Gasteiger partial charge in [0, 0.05) is 29.8 Å². The summed E-state index contributed by atoms with van der Waals surface area (Å²) in [5, 5.41) is 20.0. The number of anilines is 2. The van der Waals surface area contributed by atoms with E-state index in [9.17, 15) is 18.9 Å². The van der Waals surface area contributed by atoms with E-state index in [2.05, 4.69) is 12.1 Å². The van der Waals surface area contributed by atoms with E-state index >= 15 is 0 Å². The molecular weight excluding hydrogens is 472 g/mol. The Bertz CT molecular complexity index is 1370. The second-order valence-electron chi connectivity index (χ2n) is 7.68. The first kappa shape index (κ1) is 25.1. The van der Waals surface area contributed by atoms with Gasteiger partial charge in [-0.2, -0.15) is 18.9 Å². The van der Waals surface area contributed by atoms with Crippen LogP contribution in [0.3, 0.4) is 0 Å². The molecular formula is C25H23ClN4O3S. The van der Waals surface area contributed by atoms with Gasteiger partial charge in [0.05, 0.1) is 34.8 Å². The van der Waals surface area contributed by atoms with Crippen LogP contribution < -0.4 is 9.80 Å². The number of nitrogens with zero attached hydrogens (tertiary/aromatic N) is 4. The molecule has 0 spiro atoms. The Balaban J connectivity index is 2.07. The number of nitriles is 2. The van der Waals surface area contributed by atoms with E-state index in [0.717, 1.165) is 16.9 Å². The number of hydrogen-bond donors (Lipinski definition) is 1. The fourth-order valence-corrected chi connectivity index (χ4v) is 4.50. The highest BCUT2D eigenvalue weighted by molar-refractivity contribution is 7.85. The Kier molecular flexibility index (Phi) is 7.80. The zero-order valence-electron chi connectivity index (χ0n) is 18.7. The summed E-state index contributed by atoms with van der Waals surface area (Å²) in [7, 11) is -2.24. The van der Waals surface area contributed by atoms with Gasteiger partial charge in [-0.1, -0.05) is 41.9 Å². The van der Waals surface area contributed by atoms with Crippen LogP contribution in [0.15, 0.2) is 77.7 Å². The molecule has 9 heteroatoms. The quantitative estimate of drug-likeness (QED) is 0.321. The fourth-order valence-electron chi connectivity index (χ4n) is 3.84. The van der Waals surface area contributed by atoms with Crippen molar-refractivity contribution in [2.24, 2.45) is 0 Å². The van der Waals surface area contributed by atoms with E-state index in [4.69, 9.17) is 16.2 Å². The third kappa shape index (κ3) is 5.67. The summed E-state index contributed by atoms with van der Waals surface area (Å²) in [6, 6.07) is 19.0. The Labute approximate surface area is 204 Å². The molecule has 0 aromatic heterocycles. The maximum Gasteiger partial charge on any atom is 0.264 e. The number of halogens is 1. The molecule has 0 radical (unpaired) electrons. The lowest BCUT2D eigenvalue weighted by Gasteiger charge is -2.22. The minimum absolute atomic E-state index is 0.188. The molecule has 0 unspecified atom stereocenters. The maximum atomic E-state index is 11.2. The fraction of sp³-hybridized carbons (Fsp3) is 0.200. The lowest BCUT2D eigenvalue weighted by molar-refractivity contribution is 0.481. The number of rotatable bonds is 7. The standard InChI is InChI=1S/C25H23ClN4O3S/c1-18(16-27)25(19-7-4-3-5-8-19)20(17-28)9-12-24-29(2)22-11-10-21(26)15-23(22)30(24)13-6-14-34(31,32)33/h3-5,7-12,15H,6,13-14H2,1-2H3,(H,31,32,33)/b20-9+,24-12+,25-18-. The molecule has 174 valence electrons. The molecule has 7 nitrogen and oxygen atoms in total. The van der Waals surface area contributed by atoms with Gasteiger partial charge >= 0.3 is 0 Å². The van der Waals surface area contributed by atoms with E-state index < -0.39 is 10.1 Å². The predicted molar refractivity (Wildman–Crippen MR) is 135 cm³/mol. The molecule has 2 aromatic carbocycles. The average Bonchev–Trinajstić information content (AvgIpc) is 3.06. The van der Waals surface area contributed by atoms with Crippen molar-refractivity contribution in [1.82, 2.24) is 0 Å². The van der Waals surface area contributed by atoms with Gasteiger partial charge in [-0.25, -0.2) is 0 Å². The summed E-state index contributed by atoms with van der Waals surface area (Å²) in [6.07, 6.45) is 3.60. The van der Waals surface area contributed by atoms with Crippen molar-refractivity contribution in [2.75, 3.05) is 29.1 Å². The van der Waals surface area contributed by atoms with E-state index in [1.165, 1.54) is 0 Å². The number of hydrogen-bond acceptors (Lipinski definition) is 6. The normalized spacial score (nSPS) is 15.6. The SMILES string of the molecule is C/C(C#N)=C(/C(C#N)=C/C=C1\N(C)c2ccc(Cl)cc2N1CCCS(=O)(=O)O)c1ccccc1. The van der Waals surface area contributed by atoms with Crippen LogP contribution in [0, 0.1) is 22.7 Å². The van der Waals surface area contributed by atoms with Crippen molar-refractivity contribution in [3.8, 4) is 12.1 Å². The van der Waals surface area contributed by atoms with Crippen molar-refractivity contribution in [2.45, 2.75) is 13.3 Å². The van der Waals surface area contributed by atoms with Gasteiger partial charge in [-0.05, 0) is 49.3 Å². The lowest BCUT2D eigenvalue weighted by atomic mass is 9.94. The highest BCUT2D eigenvalue weighted by Gasteiger charge is 2.29. The minimum Gasteiger partial charge on any atom is -0.329 e. The van der Waals surface area contributed by atoms with Gasteiger partial charge < -0.3 is 9.80 Å². The van der Waals surface area contributed by atoms with Crippen molar-refractivity contribution in [1.29, 1.82) is 10.5 Å². The van der Waals surface area contributed by atoms with Crippen LogP contribution in [0.5, 0.6) is 0 Å². The van der Waals surface area contributed by atoms with E-state index in [0.29, 0.717) is 34.1 Å². The van der Waals surface area contributed by atoms with Crippen LogP contribution in [0.1, 0.15) is 18.9 Å². The molecule has 34 heavy (non-hydrogen) atoms. The molecule has 0 saturated heterocycles. The molecule has 0 fully saturated rings. The number of allylic oxidation sites excluding steroid dienone is 5. The van der Waals surface area contributed by atoms with Gasteiger partial charge in [0.15, 0.2) is 0 Å². The summed E-state index contributed by atoms with van der Waals surface area (Å²) in [6.45, 7) is 1.97. The van der Waals surface area contributed by atoms with Gasteiger partial charge in [-0.15, -0.1) is 0 Å². The Hall–Kier alpha value is -3.56. The van der Waals surface area contributed by atoms with Crippen LogP contribution in [0.4, 0.5) is 11.4 Å². The van der Waals surface area contributed by atoms with E-state index in [-0.39, 0.29) is 12.2 Å². The van der Waals surface area contributed by atoms with Gasteiger partial charge in [0.25, 0.3) is 10.1 Å². The lowest BCUT2D eigenvalue weighted by Crippen LogP contribution is -2.27. The molecule has 0 bridgehead atoms. The summed E-state index contributed by atoms with van der Waals surface area (Å²) < 4.78 is 31.6. The molecule has 0 aliphatic carbocycles. The zero-order valence-corrected chi connectivity index (χ0v) is 20.3. The largest absolute Gasteiger partial charge is 0.329 e. The Morgan fingerprint density at radius 1 is 1.12 bits per heavy atom. The van der Waals surface area contributed by atoms with Crippen LogP contribution >= 0.6 is 11.6 Å². The molecule has 0 amide bonds. The average molecular weight is 495 g/mol. The van der Waals surface area contributed by atoms with Crippen molar-refractivity contribution < 1.29 is 13.0 Å². The third-order valence-electron chi connectivity index (χ3n) is 5.39.